The maximum absolute atomic E-state index is 7.66. The maximum Gasteiger partial charge on any atom is 0.129 e. The number of rotatable bonds is 4. The normalized spacial score (nSPS) is 13.1. The van der Waals surface area contributed by atoms with E-state index < -0.39 is 0 Å². The summed E-state index contributed by atoms with van der Waals surface area (Å²) in [4.78, 5) is 2.36. The Balaban J connectivity index is 1.86. The van der Waals surface area contributed by atoms with Crippen molar-refractivity contribution in [2.75, 3.05) is 18.6 Å². The summed E-state index contributed by atoms with van der Waals surface area (Å²) in [5, 5.41) is 7.66. The van der Waals surface area contributed by atoms with E-state index in [2.05, 4.69) is 29.2 Å². The Morgan fingerprint density at radius 2 is 2.10 bits per heavy atom. The van der Waals surface area contributed by atoms with Gasteiger partial charge in [-0.1, -0.05) is 24.3 Å². The fourth-order valence-electron chi connectivity index (χ4n) is 2.86. The summed E-state index contributed by atoms with van der Waals surface area (Å²) in [5.74, 6) is 0.684. The molecule has 2 aromatic rings. The Morgan fingerprint density at radius 3 is 2.86 bits per heavy atom. The molecule has 0 saturated carbocycles. The van der Waals surface area contributed by atoms with Gasteiger partial charge < -0.3 is 15.4 Å². The van der Waals surface area contributed by atoms with Crippen LogP contribution >= 0.6 is 0 Å². The highest BCUT2D eigenvalue weighted by atomic mass is 16.5. The molecular weight excluding hydrogens is 262 g/mol. The molecule has 0 spiro atoms. The quantitative estimate of drug-likeness (QED) is 0.668. The summed E-state index contributed by atoms with van der Waals surface area (Å²) in [6.07, 6.45) is 1.09. The SMILES string of the molecule is COc1ccc(CN2CCc3ccccc32)cc1C(=N)N. The van der Waals surface area contributed by atoms with Gasteiger partial charge in [0, 0.05) is 18.8 Å². The molecular formula is C17H19N3O. The number of para-hydroxylation sites is 1. The molecule has 0 amide bonds. The lowest BCUT2D eigenvalue weighted by atomic mass is 10.1. The second-order valence-corrected chi connectivity index (χ2v) is 5.25. The predicted octanol–water partition coefficient (Wildman–Crippen LogP) is 2.54. The minimum absolute atomic E-state index is 0.0375. The minimum atomic E-state index is 0.0375. The molecule has 0 aromatic heterocycles. The van der Waals surface area contributed by atoms with Crippen LogP contribution in [-0.2, 0) is 13.0 Å². The van der Waals surface area contributed by atoms with E-state index in [1.807, 2.05) is 18.2 Å². The molecule has 108 valence electrons. The van der Waals surface area contributed by atoms with E-state index in [-0.39, 0.29) is 5.84 Å². The number of hydrogen-bond donors (Lipinski definition) is 2. The maximum atomic E-state index is 7.66. The lowest BCUT2D eigenvalue weighted by molar-refractivity contribution is 0.413. The molecule has 4 heteroatoms. The van der Waals surface area contributed by atoms with Crippen LogP contribution in [0.15, 0.2) is 42.5 Å². The molecule has 3 rings (SSSR count). The molecule has 0 fully saturated rings. The largest absolute Gasteiger partial charge is 0.496 e. The highest BCUT2D eigenvalue weighted by molar-refractivity contribution is 5.97. The van der Waals surface area contributed by atoms with Gasteiger partial charge in [-0.3, -0.25) is 5.41 Å². The Morgan fingerprint density at radius 1 is 1.29 bits per heavy atom. The Kier molecular flexibility index (Phi) is 3.52. The van der Waals surface area contributed by atoms with Gasteiger partial charge in [0.2, 0.25) is 0 Å². The van der Waals surface area contributed by atoms with Crippen molar-refractivity contribution in [1.29, 1.82) is 5.41 Å². The van der Waals surface area contributed by atoms with E-state index in [9.17, 15) is 0 Å². The second-order valence-electron chi connectivity index (χ2n) is 5.25. The monoisotopic (exact) mass is 281 g/mol. The van der Waals surface area contributed by atoms with E-state index in [0.717, 1.165) is 25.1 Å². The van der Waals surface area contributed by atoms with Crippen molar-refractivity contribution in [2.45, 2.75) is 13.0 Å². The summed E-state index contributed by atoms with van der Waals surface area (Å²) >= 11 is 0. The molecule has 1 aliphatic rings. The third kappa shape index (κ3) is 2.57. The molecule has 4 nitrogen and oxygen atoms in total. The zero-order valence-electron chi connectivity index (χ0n) is 12.1. The molecule has 0 bridgehead atoms. The van der Waals surface area contributed by atoms with Crippen LogP contribution in [0.4, 0.5) is 5.69 Å². The highest BCUT2D eigenvalue weighted by Crippen LogP contribution is 2.29. The van der Waals surface area contributed by atoms with Crippen molar-refractivity contribution >= 4 is 11.5 Å². The Labute approximate surface area is 124 Å². The number of ether oxygens (including phenoxy) is 1. The number of anilines is 1. The van der Waals surface area contributed by atoms with E-state index in [4.69, 9.17) is 15.9 Å². The zero-order chi connectivity index (χ0) is 14.8. The van der Waals surface area contributed by atoms with Crippen molar-refractivity contribution < 1.29 is 4.74 Å². The molecule has 0 aliphatic carbocycles. The molecule has 3 N–H and O–H groups in total. The summed E-state index contributed by atoms with van der Waals surface area (Å²) in [6.45, 7) is 1.85. The van der Waals surface area contributed by atoms with Crippen molar-refractivity contribution in [2.24, 2.45) is 5.73 Å². The third-order valence-corrected chi connectivity index (χ3v) is 3.91. The van der Waals surface area contributed by atoms with E-state index in [1.165, 1.54) is 11.3 Å². The summed E-state index contributed by atoms with van der Waals surface area (Å²) in [5.41, 5.74) is 10.1. The second kappa shape index (κ2) is 5.48. The van der Waals surface area contributed by atoms with Gasteiger partial charge in [-0.05, 0) is 35.7 Å². The van der Waals surface area contributed by atoms with E-state index in [0.29, 0.717) is 11.3 Å². The minimum Gasteiger partial charge on any atom is -0.496 e. The average Bonchev–Trinajstić information content (AvgIpc) is 2.90. The molecule has 0 radical (unpaired) electrons. The molecule has 1 heterocycles. The topological polar surface area (TPSA) is 62.3 Å². The van der Waals surface area contributed by atoms with Crippen molar-refractivity contribution in [3.8, 4) is 5.75 Å². The number of nitrogens with zero attached hydrogens (tertiary/aromatic N) is 1. The molecule has 1 aliphatic heterocycles. The van der Waals surface area contributed by atoms with Crippen LogP contribution in [0.1, 0.15) is 16.7 Å². The van der Waals surface area contributed by atoms with Crippen molar-refractivity contribution in [3.05, 3.63) is 59.2 Å². The fraction of sp³-hybridized carbons (Fsp3) is 0.235. The molecule has 0 saturated heterocycles. The summed E-state index contributed by atoms with van der Waals surface area (Å²) in [7, 11) is 1.60. The van der Waals surface area contributed by atoms with Gasteiger partial charge in [0.15, 0.2) is 0 Å². The Hall–Kier alpha value is -2.49. The number of hydrogen-bond acceptors (Lipinski definition) is 3. The molecule has 0 unspecified atom stereocenters. The van der Waals surface area contributed by atoms with Gasteiger partial charge in [0.05, 0.1) is 12.7 Å². The van der Waals surface area contributed by atoms with Gasteiger partial charge in [0.1, 0.15) is 11.6 Å². The zero-order valence-corrected chi connectivity index (χ0v) is 12.1. The predicted molar refractivity (Wildman–Crippen MR) is 85.2 cm³/mol. The van der Waals surface area contributed by atoms with Gasteiger partial charge in [-0.25, -0.2) is 0 Å². The summed E-state index contributed by atoms with van der Waals surface area (Å²) in [6, 6.07) is 14.4. The molecule has 2 aromatic carbocycles. The van der Waals surface area contributed by atoms with Crippen LogP contribution in [0.3, 0.4) is 0 Å². The standard InChI is InChI=1S/C17H19N3O/c1-21-16-7-6-12(10-14(16)17(18)19)11-20-9-8-13-4-2-3-5-15(13)20/h2-7,10H,8-9,11H2,1H3,(H3,18,19). The first-order valence-electron chi connectivity index (χ1n) is 7.03. The fourth-order valence-corrected chi connectivity index (χ4v) is 2.86. The number of methoxy groups -OCH3 is 1. The number of nitrogen functional groups attached to an aromatic ring is 1. The Bertz CT molecular complexity index is 681. The van der Waals surface area contributed by atoms with Crippen LogP contribution in [0.25, 0.3) is 0 Å². The number of fused-ring (bicyclic) bond motifs is 1. The number of amidine groups is 1. The van der Waals surface area contributed by atoms with Crippen LogP contribution in [0.5, 0.6) is 5.75 Å². The highest BCUT2D eigenvalue weighted by Gasteiger charge is 2.18. The van der Waals surface area contributed by atoms with Gasteiger partial charge in [-0.15, -0.1) is 0 Å². The van der Waals surface area contributed by atoms with Gasteiger partial charge in [0.25, 0.3) is 0 Å². The van der Waals surface area contributed by atoms with E-state index in [1.54, 1.807) is 7.11 Å². The van der Waals surface area contributed by atoms with Crippen molar-refractivity contribution in [3.63, 3.8) is 0 Å². The molecule has 21 heavy (non-hydrogen) atoms. The van der Waals surface area contributed by atoms with Crippen LogP contribution < -0.4 is 15.4 Å². The number of nitrogens with one attached hydrogen (secondary N) is 1. The van der Waals surface area contributed by atoms with Gasteiger partial charge >= 0.3 is 0 Å². The lowest BCUT2D eigenvalue weighted by Gasteiger charge is -2.20. The third-order valence-electron chi connectivity index (χ3n) is 3.91. The van der Waals surface area contributed by atoms with Gasteiger partial charge in [-0.2, -0.15) is 0 Å². The van der Waals surface area contributed by atoms with Crippen LogP contribution in [0, 0.1) is 5.41 Å². The first-order valence-corrected chi connectivity index (χ1v) is 7.03. The smallest absolute Gasteiger partial charge is 0.129 e. The average molecular weight is 281 g/mol. The van der Waals surface area contributed by atoms with Crippen molar-refractivity contribution in [1.82, 2.24) is 0 Å². The first kappa shape index (κ1) is 13.5. The van der Waals surface area contributed by atoms with Crippen LogP contribution in [-0.4, -0.2) is 19.5 Å². The first-order chi connectivity index (χ1) is 10.2. The molecule has 0 atom stereocenters. The number of nitrogens with two attached hydrogens (primary N) is 1. The van der Waals surface area contributed by atoms with E-state index >= 15 is 0 Å². The summed E-state index contributed by atoms with van der Waals surface area (Å²) < 4.78 is 5.25. The lowest BCUT2D eigenvalue weighted by Crippen LogP contribution is -2.20. The van der Waals surface area contributed by atoms with Crippen LogP contribution in [0.2, 0.25) is 0 Å². The number of benzene rings is 2.